The van der Waals surface area contributed by atoms with Crippen molar-refractivity contribution in [1.82, 2.24) is 4.90 Å². The lowest BCUT2D eigenvalue weighted by Gasteiger charge is -2.46. The highest BCUT2D eigenvalue weighted by molar-refractivity contribution is 6.03. The van der Waals surface area contributed by atoms with Crippen LogP contribution in [0.15, 0.2) is 30.3 Å². The molecule has 2 aliphatic heterocycles. The number of anilines is 1. The zero-order chi connectivity index (χ0) is 24.9. The third-order valence-electron chi connectivity index (χ3n) is 6.60. The molecule has 4 rings (SSSR count). The normalized spacial score (nSPS) is 20.3. The van der Waals surface area contributed by atoms with Crippen LogP contribution >= 0.6 is 0 Å². The molecule has 0 saturated carbocycles. The quantitative estimate of drug-likeness (QED) is 0.474. The Morgan fingerprint density at radius 3 is 2.14 bits per heavy atom. The number of methoxy groups -OCH3 is 4. The number of benzene rings is 2. The highest BCUT2D eigenvalue weighted by Gasteiger charge is 2.46. The minimum Gasteiger partial charge on any atom is -0.493 e. The van der Waals surface area contributed by atoms with Crippen LogP contribution in [0.4, 0.5) is 5.69 Å². The van der Waals surface area contributed by atoms with Gasteiger partial charge in [-0.25, -0.2) is 0 Å². The number of carbonyl (C=O) groups is 1. The molecule has 0 aromatic heterocycles. The van der Waals surface area contributed by atoms with Crippen molar-refractivity contribution in [2.45, 2.75) is 13.0 Å². The van der Waals surface area contributed by atoms with Crippen molar-refractivity contribution in [3.05, 3.63) is 35.9 Å². The van der Waals surface area contributed by atoms with Gasteiger partial charge in [-0.3, -0.25) is 9.69 Å². The smallest absolute Gasteiger partial charge is 0.232 e. The third-order valence-corrected chi connectivity index (χ3v) is 6.60. The molecule has 35 heavy (non-hydrogen) atoms. The summed E-state index contributed by atoms with van der Waals surface area (Å²) in [7, 11) is 6.30. The number of amides is 1. The van der Waals surface area contributed by atoms with E-state index < -0.39 is 0 Å². The second kappa shape index (κ2) is 11.0. The lowest BCUT2D eigenvalue weighted by molar-refractivity contribution is -0.129. The minimum atomic E-state index is -0.191. The number of morpholine rings is 1. The standard InChI is InChI=1S/C26H34N2O7/c1-17-24(28(26(17)29)19-15-22(31-3)25(33-5)23(16-19)32-4)18-6-7-20(30-2)21(14-18)35-13-10-27-8-11-34-12-9-27/h6-7,14-17,24H,8-13H2,1-5H3/t17-,24+/m0/s1. The maximum absolute atomic E-state index is 13.0. The molecule has 2 atom stereocenters. The number of β-lactam (4-membered cyclic amide) rings is 1. The summed E-state index contributed by atoms with van der Waals surface area (Å²) in [6, 6.07) is 9.26. The predicted octanol–water partition coefficient (Wildman–Crippen LogP) is 3.16. The molecule has 0 unspecified atom stereocenters. The largest absolute Gasteiger partial charge is 0.493 e. The van der Waals surface area contributed by atoms with Crippen LogP contribution in [0.2, 0.25) is 0 Å². The lowest BCUT2D eigenvalue weighted by Crippen LogP contribution is -2.54. The number of rotatable bonds is 10. The van der Waals surface area contributed by atoms with E-state index in [0.29, 0.717) is 41.0 Å². The Morgan fingerprint density at radius 1 is 0.886 bits per heavy atom. The van der Waals surface area contributed by atoms with Gasteiger partial charge in [0.2, 0.25) is 11.7 Å². The Hall–Kier alpha value is -3.17. The van der Waals surface area contributed by atoms with Crippen LogP contribution in [0.5, 0.6) is 28.7 Å². The first-order valence-corrected chi connectivity index (χ1v) is 11.8. The van der Waals surface area contributed by atoms with Gasteiger partial charge in [-0.15, -0.1) is 0 Å². The molecule has 2 aliphatic rings. The van der Waals surface area contributed by atoms with E-state index in [1.54, 1.807) is 45.5 Å². The van der Waals surface area contributed by atoms with E-state index in [1.165, 1.54) is 0 Å². The Balaban J connectivity index is 1.58. The number of hydrogen-bond donors (Lipinski definition) is 0. The Morgan fingerprint density at radius 2 is 1.54 bits per heavy atom. The molecule has 2 saturated heterocycles. The van der Waals surface area contributed by atoms with Gasteiger partial charge in [0, 0.05) is 31.8 Å². The molecule has 9 heteroatoms. The molecule has 2 aromatic rings. The molecule has 9 nitrogen and oxygen atoms in total. The van der Waals surface area contributed by atoms with Crippen LogP contribution in [-0.2, 0) is 9.53 Å². The Bertz CT molecular complexity index is 1010. The molecule has 0 N–H and O–H groups in total. The summed E-state index contributed by atoms with van der Waals surface area (Å²) in [6.45, 7) is 6.61. The molecular formula is C26H34N2O7. The van der Waals surface area contributed by atoms with Crippen LogP contribution in [0.3, 0.4) is 0 Å². The number of carbonyl (C=O) groups excluding carboxylic acids is 1. The number of ether oxygens (including phenoxy) is 6. The van der Waals surface area contributed by atoms with Gasteiger partial charge in [0.25, 0.3) is 0 Å². The molecule has 1 amide bonds. The van der Waals surface area contributed by atoms with Crippen LogP contribution in [0, 0.1) is 5.92 Å². The van der Waals surface area contributed by atoms with E-state index in [0.717, 1.165) is 38.4 Å². The van der Waals surface area contributed by atoms with E-state index in [2.05, 4.69) is 4.90 Å². The van der Waals surface area contributed by atoms with E-state index in [9.17, 15) is 4.79 Å². The minimum absolute atomic E-state index is 0.0230. The van der Waals surface area contributed by atoms with Crippen molar-refractivity contribution < 1.29 is 33.2 Å². The summed E-state index contributed by atoms with van der Waals surface area (Å²) in [5.41, 5.74) is 1.64. The molecule has 0 spiro atoms. The van der Waals surface area contributed by atoms with Gasteiger partial charge in [-0.1, -0.05) is 13.0 Å². The summed E-state index contributed by atoms with van der Waals surface area (Å²) in [6.07, 6.45) is 0. The SMILES string of the molecule is COc1ccc([C@H]2[C@H](C)C(=O)N2c2cc(OC)c(OC)c(OC)c2)cc1OCCN1CCOCC1. The summed E-state index contributed by atoms with van der Waals surface area (Å²) in [5, 5.41) is 0. The van der Waals surface area contributed by atoms with Gasteiger partial charge in [-0.2, -0.15) is 0 Å². The van der Waals surface area contributed by atoms with Crippen molar-refractivity contribution in [3.63, 3.8) is 0 Å². The van der Waals surface area contributed by atoms with Crippen molar-refractivity contribution >= 4 is 11.6 Å². The number of hydrogen-bond acceptors (Lipinski definition) is 8. The van der Waals surface area contributed by atoms with Gasteiger partial charge in [0.15, 0.2) is 23.0 Å². The van der Waals surface area contributed by atoms with Crippen molar-refractivity contribution in [2.75, 3.05) is 72.8 Å². The van der Waals surface area contributed by atoms with E-state index in [1.807, 2.05) is 25.1 Å². The third kappa shape index (κ3) is 4.97. The zero-order valence-corrected chi connectivity index (χ0v) is 21.0. The second-order valence-corrected chi connectivity index (χ2v) is 8.54. The topological polar surface area (TPSA) is 78.9 Å². The summed E-state index contributed by atoms with van der Waals surface area (Å²) in [4.78, 5) is 17.1. The lowest BCUT2D eigenvalue weighted by atomic mass is 9.83. The van der Waals surface area contributed by atoms with Crippen LogP contribution in [-0.4, -0.2) is 78.7 Å². The fourth-order valence-electron chi connectivity index (χ4n) is 4.66. The molecule has 2 fully saturated rings. The van der Waals surface area contributed by atoms with Gasteiger partial charge in [0.05, 0.1) is 59.3 Å². The molecular weight excluding hydrogens is 452 g/mol. The second-order valence-electron chi connectivity index (χ2n) is 8.54. The summed E-state index contributed by atoms with van der Waals surface area (Å²) >= 11 is 0. The van der Waals surface area contributed by atoms with Gasteiger partial charge in [-0.05, 0) is 17.7 Å². The molecule has 2 aromatic carbocycles. The maximum atomic E-state index is 13.0. The molecule has 190 valence electrons. The average molecular weight is 487 g/mol. The van der Waals surface area contributed by atoms with Crippen molar-refractivity contribution in [2.24, 2.45) is 5.92 Å². The highest BCUT2D eigenvalue weighted by atomic mass is 16.5. The molecule has 0 bridgehead atoms. The van der Waals surface area contributed by atoms with Crippen LogP contribution in [0.25, 0.3) is 0 Å². The average Bonchev–Trinajstić information content (AvgIpc) is 2.90. The Kier molecular flexibility index (Phi) is 7.87. The maximum Gasteiger partial charge on any atom is 0.232 e. The first-order chi connectivity index (χ1) is 17.0. The van der Waals surface area contributed by atoms with E-state index in [4.69, 9.17) is 28.4 Å². The van der Waals surface area contributed by atoms with Gasteiger partial charge >= 0.3 is 0 Å². The number of nitrogens with zero attached hydrogens (tertiary/aromatic N) is 2. The van der Waals surface area contributed by atoms with E-state index >= 15 is 0 Å². The van der Waals surface area contributed by atoms with Crippen molar-refractivity contribution in [3.8, 4) is 28.7 Å². The van der Waals surface area contributed by atoms with Gasteiger partial charge in [0.1, 0.15) is 6.61 Å². The fourth-order valence-corrected chi connectivity index (χ4v) is 4.66. The molecule has 2 heterocycles. The first kappa shape index (κ1) is 24.9. The summed E-state index contributed by atoms with van der Waals surface area (Å²) in [5.74, 6) is 2.63. The van der Waals surface area contributed by atoms with E-state index in [-0.39, 0.29) is 17.9 Å². The zero-order valence-electron chi connectivity index (χ0n) is 21.0. The van der Waals surface area contributed by atoms with Crippen LogP contribution < -0.4 is 28.6 Å². The summed E-state index contributed by atoms with van der Waals surface area (Å²) < 4.78 is 33.5. The Labute approximate surface area is 206 Å². The predicted molar refractivity (Wildman–Crippen MR) is 131 cm³/mol. The fraction of sp³-hybridized carbons (Fsp3) is 0.500. The van der Waals surface area contributed by atoms with Crippen LogP contribution in [0.1, 0.15) is 18.5 Å². The monoisotopic (exact) mass is 486 g/mol. The van der Waals surface area contributed by atoms with Crippen molar-refractivity contribution in [1.29, 1.82) is 0 Å². The first-order valence-electron chi connectivity index (χ1n) is 11.8. The molecule has 0 radical (unpaired) electrons. The molecule has 0 aliphatic carbocycles. The van der Waals surface area contributed by atoms with Gasteiger partial charge < -0.3 is 33.3 Å². The highest BCUT2D eigenvalue weighted by Crippen LogP contribution is 2.49.